The summed E-state index contributed by atoms with van der Waals surface area (Å²) in [6.07, 6.45) is 0. The Morgan fingerprint density at radius 2 is 1.91 bits per heavy atom. The maximum atomic E-state index is 10.5. The van der Waals surface area contributed by atoms with E-state index in [0.717, 1.165) is 24.6 Å². The second kappa shape index (κ2) is 4.90. The van der Waals surface area contributed by atoms with Gasteiger partial charge in [-0.1, -0.05) is 21.6 Å². The van der Waals surface area contributed by atoms with Gasteiger partial charge in [0.1, 0.15) is 0 Å². The molecule has 0 aromatic rings. The van der Waals surface area contributed by atoms with Crippen LogP contribution in [0.5, 0.6) is 0 Å². The first-order chi connectivity index (χ1) is 5.29. The highest BCUT2D eigenvalue weighted by Crippen LogP contribution is 2.23. The predicted molar refractivity (Wildman–Crippen MR) is 50.6 cm³/mol. The van der Waals surface area contributed by atoms with Gasteiger partial charge in [-0.05, 0) is 0 Å². The number of primary amides is 1. The van der Waals surface area contributed by atoms with Gasteiger partial charge < -0.3 is 5.73 Å². The Morgan fingerprint density at radius 1 is 1.36 bits per heavy atom. The van der Waals surface area contributed by atoms with Gasteiger partial charge in [0.2, 0.25) is 5.91 Å². The molecule has 0 aliphatic carbocycles. The maximum absolute atomic E-state index is 10.5. The maximum Gasteiger partial charge on any atom is 0.231 e. The molecule has 0 spiro atoms. The molecular formula is C6H12N2OS2. The quantitative estimate of drug-likeness (QED) is 0.634. The number of nitrogens with zero attached hydrogens (tertiary/aromatic N) is 1. The third kappa shape index (κ3) is 3.88. The van der Waals surface area contributed by atoms with Gasteiger partial charge in [0.05, 0.1) is 6.54 Å². The number of hydrogen-bond donors (Lipinski definition) is 1. The molecule has 1 fully saturated rings. The van der Waals surface area contributed by atoms with Crippen LogP contribution in [-0.2, 0) is 4.79 Å². The smallest absolute Gasteiger partial charge is 0.231 e. The summed E-state index contributed by atoms with van der Waals surface area (Å²) in [7, 11) is 3.74. The number of hydrogen-bond acceptors (Lipinski definition) is 4. The summed E-state index contributed by atoms with van der Waals surface area (Å²) < 4.78 is 0. The van der Waals surface area contributed by atoms with Crippen molar-refractivity contribution >= 4 is 27.5 Å². The second-order valence-corrected chi connectivity index (χ2v) is 5.09. The van der Waals surface area contributed by atoms with Crippen LogP contribution in [0.3, 0.4) is 0 Å². The number of carbonyl (C=O) groups excluding carboxylic acids is 1. The van der Waals surface area contributed by atoms with Crippen molar-refractivity contribution < 1.29 is 4.79 Å². The molecule has 1 heterocycles. The molecular weight excluding hydrogens is 180 g/mol. The molecule has 1 rings (SSSR count). The van der Waals surface area contributed by atoms with Gasteiger partial charge in [-0.3, -0.25) is 9.69 Å². The van der Waals surface area contributed by atoms with Gasteiger partial charge in [-0.15, -0.1) is 0 Å². The van der Waals surface area contributed by atoms with Crippen molar-refractivity contribution in [1.29, 1.82) is 0 Å². The van der Waals surface area contributed by atoms with Crippen LogP contribution in [0.15, 0.2) is 0 Å². The summed E-state index contributed by atoms with van der Waals surface area (Å²) in [5.74, 6) is 1.97. The SMILES string of the molecule is NC(=O)CN1CCSSCC1. The summed E-state index contributed by atoms with van der Waals surface area (Å²) in [4.78, 5) is 12.7. The summed E-state index contributed by atoms with van der Waals surface area (Å²) in [6, 6.07) is 0. The minimum atomic E-state index is -0.220. The van der Waals surface area contributed by atoms with E-state index in [1.807, 2.05) is 21.6 Å². The van der Waals surface area contributed by atoms with Crippen LogP contribution < -0.4 is 5.73 Å². The van der Waals surface area contributed by atoms with Crippen LogP contribution in [0.1, 0.15) is 0 Å². The Morgan fingerprint density at radius 3 is 2.36 bits per heavy atom. The molecule has 1 aliphatic heterocycles. The molecule has 3 nitrogen and oxygen atoms in total. The van der Waals surface area contributed by atoms with E-state index in [1.54, 1.807) is 0 Å². The van der Waals surface area contributed by atoms with Crippen molar-refractivity contribution in [3.05, 3.63) is 0 Å². The largest absolute Gasteiger partial charge is 0.369 e. The Balaban J connectivity index is 2.25. The van der Waals surface area contributed by atoms with Gasteiger partial charge in [-0.2, -0.15) is 0 Å². The normalized spacial score (nSPS) is 21.1. The highest BCUT2D eigenvalue weighted by molar-refractivity contribution is 8.76. The lowest BCUT2D eigenvalue weighted by molar-refractivity contribution is -0.119. The van der Waals surface area contributed by atoms with Crippen LogP contribution in [0.4, 0.5) is 0 Å². The van der Waals surface area contributed by atoms with E-state index in [-0.39, 0.29) is 5.91 Å². The number of carbonyl (C=O) groups is 1. The topological polar surface area (TPSA) is 46.3 Å². The number of nitrogens with two attached hydrogens (primary N) is 1. The molecule has 0 aromatic carbocycles. The van der Waals surface area contributed by atoms with Gasteiger partial charge in [-0.25, -0.2) is 0 Å². The molecule has 1 aliphatic rings. The van der Waals surface area contributed by atoms with Gasteiger partial charge in [0, 0.05) is 24.6 Å². The summed E-state index contributed by atoms with van der Waals surface area (Å²) in [5, 5.41) is 0. The molecule has 0 atom stereocenters. The van der Waals surface area contributed by atoms with Gasteiger partial charge >= 0.3 is 0 Å². The second-order valence-electron chi connectivity index (χ2n) is 2.39. The summed E-state index contributed by atoms with van der Waals surface area (Å²) >= 11 is 0. The predicted octanol–water partition coefficient (Wildman–Crippen LogP) is 0.169. The van der Waals surface area contributed by atoms with Crippen molar-refractivity contribution in [2.24, 2.45) is 5.73 Å². The first-order valence-electron chi connectivity index (χ1n) is 3.54. The lowest BCUT2D eigenvalue weighted by Gasteiger charge is -2.15. The third-order valence-corrected chi connectivity index (χ3v) is 3.81. The average molecular weight is 192 g/mol. The first kappa shape index (κ1) is 9.22. The van der Waals surface area contributed by atoms with E-state index in [9.17, 15) is 4.79 Å². The van der Waals surface area contributed by atoms with E-state index in [0.29, 0.717) is 6.54 Å². The number of amides is 1. The standard InChI is InChI=1S/C6H12N2OS2/c7-6(9)5-8-1-3-10-11-4-2-8/h1-5H2,(H2,7,9). The van der Waals surface area contributed by atoms with E-state index < -0.39 is 0 Å². The van der Waals surface area contributed by atoms with Crippen molar-refractivity contribution in [1.82, 2.24) is 4.90 Å². The minimum Gasteiger partial charge on any atom is -0.369 e. The minimum absolute atomic E-state index is 0.220. The molecule has 0 aromatic heterocycles. The van der Waals surface area contributed by atoms with E-state index >= 15 is 0 Å². The van der Waals surface area contributed by atoms with Crippen molar-refractivity contribution in [3.63, 3.8) is 0 Å². The third-order valence-electron chi connectivity index (χ3n) is 1.44. The highest BCUT2D eigenvalue weighted by atomic mass is 33.1. The molecule has 0 bridgehead atoms. The fraction of sp³-hybridized carbons (Fsp3) is 0.833. The van der Waals surface area contributed by atoms with E-state index in [4.69, 9.17) is 5.73 Å². The van der Waals surface area contributed by atoms with Crippen LogP contribution >= 0.6 is 21.6 Å². The van der Waals surface area contributed by atoms with Crippen LogP contribution in [0, 0.1) is 0 Å². The van der Waals surface area contributed by atoms with Crippen LogP contribution in [-0.4, -0.2) is 41.9 Å². The molecule has 1 amide bonds. The van der Waals surface area contributed by atoms with Crippen LogP contribution in [0.2, 0.25) is 0 Å². The zero-order valence-electron chi connectivity index (χ0n) is 6.28. The molecule has 5 heteroatoms. The molecule has 2 N–H and O–H groups in total. The lowest BCUT2D eigenvalue weighted by atomic mass is 10.4. The molecule has 1 saturated heterocycles. The molecule has 0 radical (unpaired) electrons. The average Bonchev–Trinajstić information content (AvgIpc) is 2.14. The zero-order chi connectivity index (χ0) is 8.10. The molecule has 0 saturated carbocycles. The Hall–Kier alpha value is 0.130. The summed E-state index contributed by atoms with van der Waals surface area (Å²) in [5.41, 5.74) is 5.08. The summed E-state index contributed by atoms with van der Waals surface area (Å²) in [6.45, 7) is 2.39. The van der Waals surface area contributed by atoms with Crippen molar-refractivity contribution in [2.75, 3.05) is 31.1 Å². The van der Waals surface area contributed by atoms with E-state index in [2.05, 4.69) is 4.90 Å². The van der Waals surface area contributed by atoms with E-state index in [1.165, 1.54) is 0 Å². The fourth-order valence-corrected chi connectivity index (χ4v) is 3.00. The Kier molecular flexibility index (Phi) is 4.11. The fourth-order valence-electron chi connectivity index (χ4n) is 0.941. The van der Waals surface area contributed by atoms with Gasteiger partial charge in [0.25, 0.3) is 0 Å². The Bertz CT molecular complexity index is 135. The van der Waals surface area contributed by atoms with Crippen molar-refractivity contribution in [3.8, 4) is 0 Å². The molecule has 11 heavy (non-hydrogen) atoms. The zero-order valence-corrected chi connectivity index (χ0v) is 7.92. The number of rotatable bonds is 2. The highest BCUT2D eigenvalue weighted by Gasteiger charge is 2.10. The van der Waals surface area contributed by atoms with Crippen LogP contribution in [0.25, 0.3) is 0 Å². The molecule has 64 valence electrons. The monoisotopic (exact) mass is 192 g/mol. The van der Waals surface area contributed by atoms with Gasteiger partial charge in [0.15, 0.2) is 0 Å². The molecule has 0 unspecified atom stereocenters. The van der Waals surface area contributed by atoms with Crippen molar-refractivity contribution in [2.45, 2.75) is 0 Å². The Labute approximate surface area is 74.5 Å². The lowest BCUT2D eigenvalue weighted by Crippen LogP contribution is -2.35. The first-order valence-corrected chi connectivity index (χ1v) is 6.03.